The second-order valence-corrected chi connectivity index (χ2v) is 18.0. The normalized spacial score (nSPS) is 19.3. The summed E-state index contributed by atoms with van der Waals surface area (Å²) in [5.41, 5.74) is 6.33. The molecule has 342 valence electrons. The van der Waals surface area contributed by atoms with Crippen molar-refractivity contribution in [2.75, 3.05) is 50.8 Å². The van der Waals surface area contributed by atoms with E-state index in [0.29, 0.717) is 60.0 Å². The molecular weight excluding hydrogens is 833 g/mol. The third-order valence-electron chi connectivity index (χ3n) is 13.6. The number of piperidine rings is 4. The highest BCUT2D eigenvalue weighted by Crippen LogP contribution is 2.34. The lowest BCUT2D eigenvalue weighted by Gasteiger charge is -2.44. The van der Waals surface area contributed by atoms with Gasteiger partial charge < -0.3 is 39.6 Å². The van der Waals surface area contributed by atoms with E-state index in [-0.39, 0.29) is 47.6 Å². The third-order valence-corrected chi connectivity index (χ3v) is 13.6. The van der Waals surface area contributed by atoms with Crippen molar-refractivity contribution >= 4 is 28.5 Å². The number of H-pyrrole nitrogens is 1. The minimum absolute atomic E-state index is 0.0227. The average Bonchev–Trinajstić information content (AvgIpc) is 3.36. The first-order valence-electron chi connectivity index (χ1n) is 23.3. The first-order valence-corrected chi connectivity index (χ1v) is 23.3. The molecule has 0 radical (unpaired) electrons. The molecule has 2 bridgehead atoms. The molecule has 6 aromatic rings. The summed E-state index contributed by atoms with van der Waals surface area (Å²) in [5.74, 6) is 0.751. The van der Waals surface area contributed by atoms with Gasteiger partial charge in [0.1, 0.15) is 24.2 Å². The molecule has 5 aromatic carbocycles. The lowest BCUT2D eigenvalue weighted by molar-refractivity contribution is -0.159. The summed E-state index contributed by atoms with van der Waals surface area (Å²) < 4.78 is 18.1. The van der Waals surface area contributed by atoms with Crippen LogP contribution in [0.5, 0.6) is 11.5 Å². The highest BCUT2D eigenvalue weighted by atomic mass is 16.5. The van der Waals surface area contributed by atoms with Gasteiger partial charge in [0.15, 0.2) is 0 Å². The molecule has 4 aliphatic rings. The quantitative estimate of drug-likeness (QED) is 0.0662. The Morgan fingerprint density at radius 1 is 0.788 bits per heavy atom. The molecule has 0 unspecified atom stereocenters. The number of benzene rings is 5. The van der Waals surface area contributed by atoms with Crippen LogP contribution < -0.4 is 20.5 Å². The van der Waals surface area contributed by atoms with Crippen LogP contribution in [-0.4, -0.2) is 84.0 Å². The number of aliphatic hydroxyl groups excluding tert-OH is 1. The topological polar surface area (TPSA) is 154 Å². The molecule has 0 spiro atoms. The maximum absolute atomic E-state index is 13.4. The Morgan fingerprint density at radius 2 is 1.53 bits per heavy atom. The molecule has 4 aliphatic heterocycles. The largest absolute Gasteiger partial charge is 0.506 e. The summed E-state index contributed by atoms with van der Waals surface area (Å²) >= 11 is 0. The number of aromatic hydroxyl groups is 1. The van der Waals surface area contributed by atoms with Gasteiger partial charge in [-0.1, -0.05) is 72.8 Å². The number of carbonyl (C=O) groups excluding carboxylic acids is 2. The number of hydrogen-bond acceptors (Lipinski definition) is 11. The number of nitrogens with one attached hydrogen (secondary N) is 2. The molecule has 0 amide bonds. The van der Waals surface area contributed by atoms with Gasteiger partial charge in [-0.15, -0.1) is 0 Å². The third kappa shape index (κ3) is 11.0. The number of phenols is 1. The van der Waals surface area contributed by atoms with E-state index in [2.05, 4.69) is 56.5 Å². The van der Waals surface area contributed by atoms with Gasteiger partial charge in [-0.3, -0.25) is 14.5 Å². The summed E-state index contributed by atoms with van der Waals surface area (Å²) in [5, 5.41) is 25.0. The van der Waals surface area contributed by atoms with Crippen LogP contribution >= 0.6 is 0 Å². The summed E-state index contributed by atoms with van der Waals surface area (Å²) in [6.07, 6.45) is 3.44. The fourth-order valence-electron chi connectivity index (χ4n) is 9.74. The molecule has 4 fully saturated rings. The van der Waals surface area contributed by atoms with Gasteiger partial charge in [0.25, 0.3) is 0 Å². The van der Waals surface area contributed by atoms with Crippen molar-refractivity contribution in [1.82, 2.24) is 15.2 Å². The first kappa shape index (κ1) is 44.7. The summed E-state index contributed by atoms with van der Waals surface area (Å²) in [4.78, 5) is 45.6. The SMILES string of the molecule is O=C(C[C@@H](c1ccccc1)c1cccc(OCc2ccc(C(=O)OCC3CCN(c4ccc(CNC[C@H](O)c5ccc(O)c6[nH]c(=O)ccc56)cc4)CC3)cc2)c1)O[C@H]1CN2CCC1CC2. The van der Waals surface area contributed by atoms with E-state index in [1.54, 1.807) is 24.3 Å². The van der Waals surface area contributed by atoms with E-state index in [9.17, 15) is 24.6 Å². The zero-order chi connectivity index (χ0) is 45.4. The Hall–Kier alpha value is -6.47. The molecular formula is C54H58N4O8. The Balaban J connectivity index is 0.702. The van der Waals surface area contributed by atoms with Crippen LogP contribution in [0.2, 0.25) is 0 Å². The molecule has 0 saturated carbocycles. The number of nitrogens with zero attached hydrogens (tertiary/aromatic N) is 2. The number of rotatable bonds is 17. The van der Waals surface area contributed by atoms with Crippen molar-refractivity contribution < 1.29 is 34.0 Å². The molecule has 3 atom stereocenters. The summed E-state index contributed by atoms with van der Waals surface area (Å²) in [6, 6.07) is 40.0. The van der Waals surface area contributed by atoms with Gasteiger partial charge in [0, 0.05) is 55.8 Å². The standard InChI is InChI=1S/C54H58N4O8/c59-48-19-17-45(46-18-20-51(61)56-53(46)48)49(60)32-55-31-36-11-15-43(16-12-36)58-27-21-38(22-28-58)35-65-54(63)41-13-9-37(10-14-41)34-64-44-8-4-7-42(29-44)47(39-5-2-1-3-6-39)30-52(62)66-50-33-57-25-23-40(50)24-26-57/h1-20,29,38,40,47,49-50,55,59-60H,21-28,30-35H2,(H,56,61)/t47-,49-,50-/m0/s1. The van der Waals surface area contributed by atoms with E-state index in [4.69, 9.17) is 14.2 Å². The van der Waals surface area contributed by atoms with E-state index in [1.807, 2.05) is 54.6 Å². The molecule has 4 N–H and O–H groups in total. The Morgan fingerprint density at radius 3 is 2.27 bits per heavy atom. The number of aliphatic hydroxyl groups is 1. The Kier molecular flexibility index (Phi) is 14.1. The second kappa shape index (κ2) is 20.8. The number of phenolic OH excluding ortho intramolecular Hbond substituents is 1. The predicted octanol–water partition coefficient (Wildman–Crippen LogP) is 7.87. The van der Waals surface area contributed by atoms with E-state index >= 15 is 0 Å². The number of aromatic nitrogens is 1. The van der Waals surface area contributed by atoms with Crippen molar-refractivity contribution in [1.29, 1.82) is 0 Å². The van der Waals surface area contributed by atoms with Crippen molar-refractivity contribution in [3.05, 3.63) is 171 Å². The van der Waals surface area contributed by atoms with Crippen molar-refractivity contribution in [3.63, 3.8) is 0 Å². The molecule has 1 aromatic heterocycles. The molecule has 12 heteroatoms. The maximum Gasteiger partial charge on any atom is 0.338 e. The lowest BCUT2D eigenvalue weighted by Crippen LogP contribution is -2.52. The number of ether oxygens (including phenoxy) is 3. The minimum Gasteiger partial charge on any atom is -0.506 e. The van der Waals surface area contributed by atoms with Gasteiger partial charge in [-0.25, -0.2) is 4.79 Å². The fourth-order valence-corrected chi connectivity index (χ4v) is 9.74. The molecule has 0 aliphatic carbocycles. The molecule has 66 heavy (non-hydrogen) atoms. The van der Waals surface area contributed by atoms with Crippen LogP contribution in [0.15, 0.2) is 132 Å². The highest BCUT2D eigenvalue weighted by Gasteiger charge is 2.37. The van der Waals surface area contributed by atoms with Crippen LogP contribution in [0, 0.1) is 11.8 Å². The number of fused-ring (bicyclic) bond motifs is 4. The van der Waals surface area contributed by atoms with E-state index < -0.39 is 6.10 Å². The Bertz CT molecular complexity index is 2640. The molecule has 12 nitrogen and oxygen atoms in total. The lowest BCUT2D eigenvalue weighted by atomic mass is 9.85. The second-order valence-electron chi connectivity index (χ2n) is 18.0. The zero-order valence-electron chi connectivity index (χ0n) is 37.1. The smallest absolute Gasteiger partial charge is 0.338 e. The molecule has 10 rings (SSSR count). The van der Waals surface area contributed by atoms with Gasteiger partial charge in [0.05, 0.1) is 30.2 Å². The maximum atomic E-state index is 13.4. The summed E-state index contributed by atoms with van der Waals surface area (Å²) in [7, 11) is 0. The number of aromatic amines is 1. The van der Waals surface area contributed by atoms with Gasteiger partial charge in [-0.05, 0) is 127 Å². The predicted molar refractivity (Wildman–Crippen MR) is 254 cm³/mol. The van der Waals surface area contributed by atoms with Crippen molar-refractivity contribution in [2.24, 2.45) is 11.8 Å². The van der Waals surface area contributed by atoms with Crippen LogP contribution in [-0.2, 0) is 27.4 Å². The monoisotopic (exact) mass is 890 g/mol. The summed E-state index contributed by atoms with van der Waals surface area (Å²) in [6.45, 7) is 6.35. The van der Waals surface area contributed by atoms with Gasteiger partial charge in [-0.2, -0.15) is 0 Å². The van der Waals surface area contributed by atoms with Crippen LogP contribution in [0.3, 0.4) is 0 Å². The minimum atomic E-state index is -0.827. The highest BCUT2D eigenvalue weighted by molar-refractivity contribution is 5.89. The van der Waals surface area contributed by atoms with E-state index in [0.717, 1.165) is 86.3 Å². The Labute approximate surface area is 385 Å². The van der Waals surface area contributed by atoms with Crippen LogP contribution in [0.25, 0.3) is 10.9 Å². The zero-order valence-corrected chi connectivity index (χ0v) is 37.1. The van der Waals surface area contributed by atoms with Gasteiger partial charge in [0.2, 0.25) is 5.56 Å². The molecule has 5 heterocycles. The number of carbonyl (C=O) groups is 2. The van der Waals surface area contributed by atoms with Crippen molar-refractivity contribution in [2.45, 2.75) is 63.4 Å². The van der Waals surface area contributed by atoms with E-state index in [1.165, 1.54) is 12.1 Å². The van der Waals surface area contributed by atoms with Crippen LogP contribution in [0.4, 0.5) is 5.69 Å². The number of esters is 2. The number of pyridine rings is 1. The van der Waals surface area contributed by atoms with Gasteiger partial charge >= 0.3 is 11.9 Å². The van der Waals surface area contributed by atoms with Crippen LogP contribution in [0.1, 0.15) is 82.3 Å². The fraction of sp³-hybridized carbons (Fsp3) is 0.352. The van der Waals surface area contributed by atoms with Crippen molar-refractivity contribution in [3.8, 4) is 11.5 Å². The number of hydrogen-bond donors (Lipinski definition) is 4. The average molecular weight is 891 g/mol. The number of anilines is 1. The first-order chi connectivity index (χ1) is 32.2. The molecule has 4 saturated heterocycles.